The summed E-state index contributed by atoms with van der Waals surface area (Å²) >= 11 is 0. The first kappa shape index (κ1) is 17.1. The summed E-state index contributed by atoms with van der Waals surface area (Å²) in [7, 11) is 3.19. The Morgan fingerprint density at radius 2 is 2.04 bits per heavy atom. The standard InChI is InChI=1S/C18H24N4O3/c1-24-15-6-3-13(11-16(15)25-2)12-21-18(23)20-8-10-22-9-7-19-17(22)14-4-5-14/h3,6-7,9,11,14H,4-5,8,10,12H2,1-2H3,(H2,20,21,23). The first-order valence-corrected chi connectivity index (χ1v) is 8.45. The Balaban J connectivity index is 1.43. The third-order valence-electron chi connectivity index (χ3n) is 4.23. The van der Waals surface area contributed by atoms with E-state index in [4.69, 9.17) is 9.47 Å². The highest BCUT2D eigenvalue weighted by molar-refractivity contribution is 5.73. The molecule has 1 aliphatic carbocycles. The zero-order chi connectivity index (χ0) is 17.6. The Labute approximate surface area is 147 Å². The molecule has 3 rings (SSSR count). The van der Waals surface area contributed by atoms with Crippen molar-refractivity contribution < 1.29 is 14.3 Å². The SMILES string of the molecule is COc1ccc(CNC(=O)NCCn2ccnc2C2CC2)cc1OC. The second-order valence-corrected chi connectivity index (χ2v) is 6.05. The molecule has 7 nitrogen and oxygen atoms in total. The molecule has 2 N–H and O–H groups in total. The number of amides is 2. The van der Waals surface area contributed by atoms with Gasteiger partial charge in [0.05, 0.1) is 14.2 Å². The summed E-state index contributed by atoms with van der Waals surface area (Å²) < 4.78 is 12.6. The van der Waals surface area contributed by atoms with Crippen LogP contribution in [0.5, 0.6) is 11.5 Å². The predicted molar refractivity (Wildman–Crippen MR) is 94.0 cm³/mol. The van der Waals surface area contributed by atoms with E-state index in [1.807, 2.05) is 30.6 Å². The Kier molecular flexibility index (Phi) is 5.42. The van der Waals surface area contributed by atoms with Crippen molar-refractivity contribution in [3.05, 3.63) is 42.0 Å². The van der Waals surface area contributed by atoms with Crippen molar-refractivity contribution in [2.45, 2.75) is 31.8 Å². The average Bonchev–Trinajstić information content (AvgIpc) is 3.38. The summed E-state index contributed by atoms with van der Waals surface area (Å²) in [6, 6.07) is 5.39. The van der Waals surface area contributed by atoms with E-state index in [0.717, 1.165) is 17.9 Å². The number of hydrogen-bond acceptors (Lipinski definition) is 4. The Morgan fingerprint density at radius 3 is 2.76 bits per heavy atom. The maximum absolute atomic E-state index is 12.0. The molecule has 1 saturated carbocycles. The van der Waals surface area contributed by atoms with Gasteiger partial charge in [0.25, 0.3) is 0 Å². The number of aromatic nitrogens is 2. The summed E-state index contributed by atoms with van der Waals surface area (Å²) in [5.74, 6) is 3.05. The van der Waals surface area contributed by atoms with Crippen molar-refractivity contribution in [2.24, 2.45) is 0 Å². The Morgan fingerprint density at radius 1 is 1.24 bits per heavy atom. The fourth-order valence-corrected chi connectivity index (χ4v) is 2.74. The molecule has 0 spiro atoms. The van der Waals surface area contributed by atoms with Crippen molar-refractivity contribution >= 4 is 6.03 Å². The van der Waals surface area contributed by atoms with E-state index in [9.17, 15) is 4.79 Å². The largest absolute Gasteiger partial charge is 0.493 e. The van der Waals surface area contributed by atoms with Gasteiger partial charge in [0.1, 0.15) is 5.82 Å². The number of imidazole rings is 1. The van der Waals surface area contributed by atoms with Gasteiger partial charge >= 0.3 is 6.03 Å². The lowest BCUT2D eigenvalue weighted by molar-refractivity contribution is 0.240. The van der Waals surface area contributed by atoms with Crippen LogP contribution in [0.15, 0.2) is 30.6 Å². The number of nitrogens with one attached hydrogen (secondary N) is 2. The van der Waals surface area contributed by atoms with Crippen LogP contribution in [0.25, 0.3) is 0 Å². The fourth-order valence-electron chi connectivity index (χ4n) is 2.74. The predicted octanol–water partition coefficient (Wildman–Crippen LogP) is 2.28. The van der Waals surface area contributed by atoms with Crippen LogP contribution in [-0.4, -0.2) is 36.3 Å². The topological polar surface area (TPSA) is 77.4 Å². The van der Waals surface area contributed by atoms with E-state index in [2.05, 4.69) is 20.2 Å². The van der Waals surface area contributed by atoms with Crippen molar-refractivity contribution in [1.82, 2.24) is 20.2 Å². The molecule has 0 radical (unpaired) electrons. The summed E-state index contributed by atoms with van der Waals surface area (Å²) in [6.45, 7) is 1.72. The van der Waals surface area contributed by atoms with E-state index < -0.39 is 0 Å². The molecule has 1 aliphatic rings. The number of rotatable bonds is 8. The van der Waals surface area contributed by atoms with Crippen molar-refractivity contribution in [1.29, 1.82) is 0 Å². The van der Waals surface area contributed by atoms with Crippen LogP contribution in [0.3, 0.4) is 0 Å². The highest BCUT2D eigenvalue weighted by Crippen LogP contribution is 2.38. The second kappa shape index (κ2) is 7.92. The van der Waals surface area contributed by atoms with E-state index in [1.54, 1.807) is 14.2 Å². The van der Waals surface area contributed by atoms with Crippen LogP contribution in [0, 0.1) is 0 Å². The molecule has 0 unspecified atom stereocenters. The van der Waals surface area contributed by atoms with Crippen LogP contribution < -0.4 is 20.1 Å². The van der Waals surface area contributed by atoms with Crippen molar-refractivity contribution in [2.75, 3.05) is 20.8 Å². The van der Waals surface area contributed by atoms with Gasteiger partial charge in [-0.2, -0.15) is 0 Å². The van der Waals surface area contributed by atoms with Crippen LogP contribution in [-0.2, 0) is 13.1 Å². The maximum atomic E-state index is 12.0. The molecular formula is C18H24N4O3. The van der Waals surface area contributed by atoms with Crippen LogP contribution in [0.2, 0.25) is 0 Å². The lowest BCUT2D eigenvalue weighted by Crippen LogP contribution is -2.36. The van der Waals surface area contributed by atoms with Gasteiger partial charge in [0.2, 0.25) is 0 Å². The minimum atomic E-state index is -0.192. The molecular weight excluding hydrogens is 320 g/mol. The quantitative estimate of drug-likeness (QED) is 0.770. The number of benzene rings is 1. The first-order valence-electron chi connectivity index (χ1n) is 8.45. The second-order valence-electron chi connectivity index (χ2n) is 6.05. The number of carbonyl (C=O) groups is 1. The Bertz CT molecular complexity index is 725. The molecule has 1 heterocycles. The lowest BCUT2D eigenvalue weighted by Gasteiger charge is -2.12. The van der Waals surface area contributed by atoms with Gasteiger partial charge in [-0.1, -0.05) is 6.07 Å². The summed E-state index contributed by atoms with van der Waals surface area (Å²) in [5, 5.41) is 5.72. The van der Waals surface area contributed by atoms with Gasteiger partial charge in [-0.3, -0.25) is 0 Å². The number of carbonyl (C=O) groups excluding carboxylic acids is 1. The van der Waals surface area contributed by atoms with E-state index in [-0.39, 0.29) is 6.03 Å². The number of nitrogens with zero attached hydrogens (tertiary/aromatic N) is 2. The Hall–Kier alpha value is -2.70. The highest BCUT2D eigenvalue weighted by Gasteiger charge is 2.27. The molecule has 7 heteroatoms. The number of ether oxygens (including phenoxy) is 2. The number of hydrogen-bond donors (Lipinski definition) is 2. The number of urea groups is 1. The molecule has 0 atom stereocenters. The molecule has 2 aromatic rings. The number of methoxy groups -OCH3 is 2. The van der Waals surface area contributed by atoms with Gasteiger partial charge < -0.3 is 24.7 Å². The van der Waals surface area contributed by atoms with Gasteiger partial charge in [0.15, 0.2) is 11.5 Å². The zero-order valence-corrected chi connectivity index (χ0v) is 14.6. The molecule has 1 fully saturated rings. The molecule has 0 aliphatic heterocycles. The summed E-state index contributed by atoms with van der Waals surface area (Å²) in [5.41, 5.74) is 0.943. The van der Waals surface area contributed by atoms with Gasteiger partial charge in [-0.25, -0.2) is 9.78 Å². The van der Waals surface area contributed by atoms with Crippen LogP contribution >= 0.6 is 0 Å². The molecule has 1 aromatic heterocycles. The zero-order valence-electron chi connectivity index (χ0n) is 14.6. The molecule has 0 saturated heterocycles. The van der Waals surface area contributed by atoms with Gasteiger partial charge in [-0.15, -0.1) is 0 Å². The molecule has 0 bridgehead atoms. The minimum Gasteiger partial charge on any atom is -0.493 e. The molecule has 134 valence electrons. The van der Waals surface area contributed by atoms with Gasteiger partial charge in [0, 0.05) is 37.9 Å². The smallest absolute Gasteiger partial charge is 0.315 e. The third kappa shape index (κ3) is 4.43. The van der Waals surface area contributed by atoms with E-state index >= 15 is 0 Å². The monoisotopic (exact) mass is 344 g/mol. The summed E-state index contributed by atoms with van der Waals surface area (Å²) in [6.07, 6.45) is 6.23. The normalized spacial score (nSPS) is 13.4. The van der Waals surface area contributed by atoms with Crippen molar-refractivity contribution in [3.8, 4) is 11.5 Å². The third-order valence-corrected chi connectivity index (χ3v) is 4.23. The molecule has 25 heavy (non-hydrogen) atoms. The van der Waals surface area contributed by atoms with Gasteiger partial charge in [-0.05, 0) is 30.5 Å². The maximum Gasteiger partial charge on any atom is 0.315 e. The van der Waals surface area contributed by atoms with Crippen LogP contribution in [0.4, 0.5) is 4.79 Å². The lowest BCUT2D eigenvalue weighted by atomic mass is 10.2. The first-order chi connectivity index (χ1) is 12.2. The minimum absolute atomic E-state index is 0.192. The molecule has 2 amide bonds. The van der Waals surface area contributed by atoms with E-state index in [0.29, 0.717) is 30.5 Å². The average molecular weight is 344 g/mol. The molecule has 1 aromatic carbocycles. The van der Waals surface area contributed by atoms with Crippen molar-refractivity contribution in [3.63, 3.8) is 0 Å². The fraction of sp³-hybridized carbons (Fsp3) is 0.444. The highest BCUT2D eigenvalue weighted by atomic mass is 16.5. The van der Waals surface area contributed by atoms with Crippen LogP contribution in [0.1, 0.15) is 30.1 Å². The van der Waals surface area contributed by atoms with E-state index in [1.165, 1.54) is 12.8 Å². The summed E-state index contributed by atoms with van der Waals surface area (Å²) in [4.78, 5) is 16.3.